The number of carbonyl (C=O) groups is 3. The lowest BCUT2D eigenvalue weighted by atomic mass is 10.2. The van der Waals surface area contributed by atoms with Crippen molar-refractivity contribution in [1.82, 2.24) is 10.6 Å². The van der Waals surface area contributed by atoms with Gasteiger partial charge in [-0.3, -0.25) is 14.4 Å². The average Bonchev–Trinajstić information content (AvgIpc) is 3.36. The Morgan fingerprint density at radius 2 is 1.96 bits per heavy atom. The first-order chi connectivity index (χ1) is 13.0. The summed E-state index contributed by atoms with van der Waals surface area (Å²) in [7, 11) is 0. The summed E-state index contributed by atoms with van der Waals surface area (Å²) in [6.45, 7) is 0.604. The third kappa shape index (κ3) is 4.93. The maximum atomic E-state index is 12.2. The molecular formula is C19H21N3O4S. The lowest BCUT2D eigenvalue weighted by molar-refractivity contribution is -0.120. The van der Waals surface area contributed by atoms with Crippen LogP contribution in [0.3, 0.4) is 0 Å². The highest BCUT2D eigenvalue weighted by Gasteiger charge is 2.21. The van der Waals surface area contributed by atoms with Crippen molar-refractivity contribution in [3.05, 3.63) is 52.2 Å². The number of aliphatic hydroxyl groups excluding tert-OH is 1. The minimum atomic E-state index is -0.767. The minimum Gasteiger partial charge on any atom is -0.387 e. The van der Waals surface area contributed by atoms with Gasteiger partial charge in [0.25, 0.3) is 5.91 Å². The van der Waals surface area contributed by atoms with Gasteiger partial charge < -0.3 is 20.6 Å². The van der Waals surface area contributed by atoms with E-state index in [0.29, 0.717) is 18.5 Å². The van der Waals surface area contributed by atoms with Crippen LogP contribution in [0.1, 0.15) is 34.9 Å². The van der Waals surface area contributed by atoms with E-state index < -0.39 is 6.10 Å². The Morgan fingerprint density at radius 3 is 2.59 bits per heavy atom. The Hall–Kier alpha value is -2.71. The first-order valence-corrected chi connectivity index (χ1v) is 9.64. The zero-order valence-electron chi connectivity index (χ0n) is 14.7. The SMILES string of the molecule is O=C(CNC(=O)c1ccc(N2CCCC2=O)cc1)NC[C@H](O)c1ccsc1. The molecule has 0 bridgehead atoms. The van der Waals surface area contributed by atoms with Crippen molar-refractivity contribution >= 4 is 34.7 Å². The number of rotatable bonds is 7. The molecule has 1 aromatic heterocycles. The van der Waals surface area contributed by atoms with Gasteiger partial charge in [-0.1, -0.05) is 0 Å². The molecule has 1 atom stereocenters. The van der Waals surface area contributed by atoms with Crippen LogP contribution in [0.4, 0.5) is 5.69 Å². The number of anilines is 1. The van der Waals surface area contributed by atoms with Gasteiger partial charge in [0, 0.05) is 30.8 Å². The Bertz CT molecular complexity index is 805. The Morgan fingerprint density at radius 1 is 1.19 bits per heavy atom. The normalized spacial score (nSPS) is 14.9. The fourth-order valence-corrected chi connectivity index (χ4v) is 3.54. The van der Waals surface area contributed by atoms with Gasteiger partial charge in [-0.25, -0.2) is 0 Å². The number of thiophene rings is 1. The van der Waals surface area contributed by atoms with Crippen LogP contribution in [0, 0.1) is 0 Å². The van der Waals surface area contributed by atoms with E-state index in [0.717, 1.165) is 17.7 Å². The van der Waals surface area contributed by atoms with Crippen LogP contribution < -0.4 is 15.5 Å². The molecule has 0 spiro atoms. The first-order valence-electron chi connectivity index (χ1n) is 8.70. The fraction of sp³-hybridized carbons (Fsp3) is 0.316. The van der Waals surface area contributed by atoms with Gasteiger partial charge >= 0.3 is 0 Å². The van der Waals surface area contributed by atoms with Crippen LogP contribution in [0.2, 0.25) is 0 Å². The monoisotopic (exact) mass is 387 g/mol. The Kier molecular flexibility index (Phi) is 6.20. The molecule has 3 amide bonds. The van der Waals surface area contributed by atoms with Gasteiger partial charge in [0.15, 0.2) is 0 Å². The number of aliphatic hydroxyl groups is 1. The van der Waals surface area contributed by atoms with Crippen LogP contribution in [0.25, 0.3) is 0 Å². The molecule has 2 heterocycles. The number of amides is 3. The minimum absolute atomic E-state index is 0.0873. The van der Waals surface area contributed by atoms with Crippen LogP contribution in [0.5, 0.6) is 0 Å². The molecule has 1 aliphatic heterocycles. The molecule has 1 fully saturated rings. The van der Waals surface area contributed by atoms with Crippen LogP contribution in [-0.2, 0) is 9.59 Å². The molecule has 142 valence electrons. The number of carbonyl (C=O) groups excluding carboxylic acids is 3. The highest BCUT2D eigenvalue weighted by Crippen LogP contribution is 2.21. The van der Waals surface area contributed by atoms with Gasteiger partial charge in [0.1, 0.15) is 0 Å². The molecule has 0 aliphatic carbocycles. The molecule has 0 unspecified atom stereocenters. The van der Waals surface area contributed by atoms with Crippen LogP contribution >= 0.6 is 11.3 Å². The number of hydrogen-bond donors (Lipinski definition) is 3. The van der Waals surface area contributed by atoms with Crippen LogP contribution in [0.15, 0.2) is 41.1 Å². The van der Waals surface area contributed by atoms with Gasteiger partial charge in [-0.05, 0) is 53.1 Å². The molecule has 27 heavy (non-hydrogen) atoms. The number of hydrogen-bond acceptors (Lipinski definition) is 5. The van der Waals surface area contributed by atoms with E-state index in [2.05, 4.69) is 10.6 Å². The second kappa shape index (κ2) is 8.79. The topological polar surface area (TPSA) is 98.7 Å². The highest BCUT2D eigenvalue weighted by molar-refractivity contribution is 7.07. The molecule has 3 rings (SSSR count). The fourth-order valence-electron chi connectivity index (χ4n) is 2.83. The quantitative estimate of drug-likeness (QED) is 0.670. The largest absolute Gasteiger partial charge is 0.387 e. The molecule has 2 aromatic rings. The second-order valence-electron chi connectivity index (χ2n) is 6.26. The Labute approximate surface area is 161 Å². The van der Waals surface area contributed by atoms with Crippen molar-refractivity contribution in [2.45, 2.75) is 18.9 Å². The first kappa shape index (κ1) is 19.1. The van der Waals surface area contributed by atoms with Crippen molar-refractivity contribution < 1.29 is 19.5 Å². The molecule has 3 N–H and O–H groups in total. The Balaban J connectivity index is 1.44. The molecule has 0 saturated carbocycles. The second-order valence-corrected chi connectivity index (χ2v) is 7.04. The summed E-state index contributed by atoms with van der Waals surface area (Å²) < 4.78 is 0. The van der Waals surface area contributed by atoms with E-state index in [9.17, 15) is 19.5 Å². The van der Waals surface area contributed by atoms with Gasteiger partial charge in [-0.15, -0.1) is 0 Å². The van der Waals surface area contributed by atoms with Crippen LogP contribution in [-0.4, -0.2) is 42.5 Å². The molecular weight excluding hydrogens is 366 g/mol. The third-order valence-corrected chi connectivity index (χ3v) is 5.05. The predicted octanol–water partition coefficient (Wildman–Crippen LogP) is 1.45. The molecule has 1 aliphatic rings. The summed E-state index contributed by atoms with van der Waals surface area (Å²) in [5.41, 5.74) is 1.94. The number of benzene rings is 1. The third-order valence-electron chi connectivity index (χ3n) is 4.34. The zero-order chi connectivity index (χ0) is 19.2. The van der Waals surface area contributed by atoms with E-state index in [1.807, 2.05) is 10.8 Å². The van der Waals surface area contributed by atoms with Crippen molar-refractivity contribution in [3.63, 3.8) is 0 Å². The summed E-state index contributed by atoms with van der Waals surface area (Å²) in [6, 6.07) is 8.52. The standard InChI is InChI=1S/C19H21N3O4S/c23-16(14-7-9-27-12-14)10-20-17(24)11-21-19(26)13-3-5-15(6-4-13)22-8-1-2-18(22)25/h3-7,9,12,16,23H,1-2,8,10-11H2,(H,20,24)(H,21,26)/t16-/m0/s1. The molecule has 1 aromatic carbocycles. The summed E-state index contributed by atoms with van der Waals surface area (Å²) in [4.78, 5) is 37.4. The predicted molar refractivity (Wildman–Crippen MR) is 103 cm³/mol. The van der Waals surface area contributed by atoms with E-state index in [4.69, 9.17) is 0 Å². The molecule has 7 nitrogen and oxygen atoms in total. The maximum Gasteiger partial charge on any atom is 0.251 e. The molecule has 8 heteroatoms. The maximum absolute atomic E-state index is 12.2. The summed E-state index contributed by atoms with van der Waals surface area (Å²) in [5, 5.41) is 18.7. The van der Waals surface area contributed by atoms with Gasteiger partial charge in [0.2, 0.25) is 11.8 Å². The number of nitrogens with zero attached hydrogens (tertiary/aromatic N) is 1. The summed E-state index contributed by atoms with van der Waals surface area (Å²) >= 11 is 1.47. The lowest BCUT2D eigenvalue weighted by Gasteiger charge is -2.16. The lowest BCUT2D eigenvalue weighted by Crippen LogP contribution is -2.38. The van der Waals surface area contributed by atoms with Crippen molar-refractivity contribution in [3.8, 4) is 0 Å². The molecule has 0 radical (unpaired) electrons. The van der Waals surface area contributed by atoms with Gasteiger partial charge in [0.05, 0.1) is 12.6 Å². The summed E-state index contributed by atoms with van der Waals surface area (Å²) in [6.07, 6.45) is 0.632. The van der Waals surface area contributed by atoms with E-state index in [1.54, 1.807) is 35.2 Å². The van der Waals surface area contributed by atoms with Crippen molar-refractivity contribution in [2.75, 3.05) is 24.5 Å². The smallest absolute Gasteiger partial charge is 0.251 e. The highest BCUT2D eigenvalue weighted by atomic mass is 32.1. The molecule has 1 saturated heterocycles. The van der Waals surface area contributed by atoms with E-state index >= 15 is 0 Å². The summed E-state index contributed by atoms with van der Waals surface area (Å²) in [5.74, 6) is -0.659. The zero-order valence-corrected chi connectivity index (χ0v) is 15.5. The van der Waals surface area contributed by atoms with E-state index in [-0.39, 0.29) is 30.8 Å². The van der Waals surface area contributed by atoms with Crippen molar-refractivity contribution in [1.29, 1.82) is 0 Å². The van der Waals surface area contributed by atoms with E-state index in [1.165, 1.54) is 11.3 Å². The average molecular weight is 387 g/mol. The van der Waals surface area contributed by atoms with Crippen molar-refractivity contribution in [2.24, 2.45) is 0 Å². The van der Waals surface area contributed by atoms with Gasteiger partial charge in [-0.2, -0.15) is 11.3 Å². The number of nitrogens with one attached hydrogen (secondary N) is 2.